The van der Waals surface area contributed by atoms with Crippen LogP contribution in [0.2, 0.25) is 0 Å². The zero-order valence-corrected chi connectivity index (χ0v) is 11.6. The normalized spacial score (nSPS) is 10.4. The summed E-state index contributed by atoms with van der Waals surface area (Å²) in [6.45, 7) is 11.3. The Hall–Kier alpha value is -1.57. The summed E-state index contributed by atoms with van der Waals surface area (Å²) in [7, 11) is 0. The quantitative estimate of drug-likeness (QED) is 0.701. The van der Waals surface area contributed by atoms with Crippen molar-refractivity contribution in [3.63, 3.8) is 0 Å². The van der Waals surface area contributed by atoms with Gasteiger partial charge in [-0.3, -0.25) is 4.79 Å². The molecule has 0 aromatic heterocycles. The van der Waals surface area contributed by atoms with Gasteiger partial charge in [0.15, 0.2) is 0 Å². The van der Waals surface area contributed by atoms with Crippen LogP contribution in [0.15, 0.2) is 42.5 Å². The van der Waals surface area contributed by atoms with Gasteiger partial charge in [0.25, 0.3) is 0 Å². The predicted octanol–water partition coefficient (Wildman–Crippen LogP) is 3.64. The van der Waals surface area contributed by atoms with E-state index < -0.39 is 0 Å². The molecule has 0 heterocycles. The van der Waals surface area contributed by atoms with Crippen molar-refractivity contribution in [2.45, 2.75) is 33.7 Å². The summed E-state index contributed by atoms with van der Waals surface area (Å²) in [4.78, 5) is 14.0. The molecule has 0 radical (unpaired) electrons. The number of rotatable bonds is 6. The van der Waals surface area contributed by atoms with Crippen molar-refractivity contribution in [3.8, 4) is 0 Å². The molecular formula is C16H23NO. The molecule has 1 amide bonds. The zero-order chi connectivity index (χ0) is 13.5. The monoisotopic (exact) mass is 245 g/mol. The zero-order valence-electron chi connectivity index (χ0n) is 11.6. The van der Waals surface area contributed by atoms with Crippen molar-refractivity contribution in [2.24, 2.45) is 5.92 Å². The first-order valence-corrected chi connectivity index (χ1v) is 6.49. The van der Waals surface area contributed by atoms with Crippen LogP contribution in [-0.2, 0) is 11.3 Å². The third-order valence-electron chi connectivity index (χ3n) is 2.84. The average molecular weight is 245 g/mol. The van der Waals surface area contributed by atoms with Gasteiger partial charge in [-0.1, -0.05) is 50.8 Å². The summed E-state index contributed by atoms with van der Waals surface area (Å²) >= 11 is 0. The predicted molar refractivity (Wildman–Crippen MR) is 76.1 cm³/mol. The Labute approximate surface area is 110 Å². The van der Waals surface area contributed by atoms with Crippen LogP contribution in [0.5, 0.6) is 0 Å². The van der Waals surface area contributed by atoms with E-state index in [1.165, 1.54) is 0 Å². The fraction of sp³-hybridized carbons (Fsp3) is 0.438. The van der Waals surface area contributed by atoms with Crippen LogP contribution in [-0.4, -0.2) is 17.4 Å². The highest BCUT2D eigenvalue weighted by atomic mass is 16.2. The highest BCUT2D eigenvalue weighted by Gasteiger charge is 2.14. The Bertz CT molecular complexity index is 395. The van der Waals surface area contributed by atoms with E-state index in [2.05, 4.69) is 20.4 Å². The third-order valence-corrected chi connectivity index (χ3v) is 2.84. The second-order valence-corrected chi connectivity index (χ2v) is 5.18. The third kappa shape index (κ3) is 4.74. The average Bonchev–Trinajstić information content (AvgIpc) is 2.34. The topological polar surface area (TPSA) is 20.3 Å². The molecule has 0 N–H and O–H groups in total. The second-order valence-electron chi connectivity index (χ2n) is 5.18. The summed E-state index contributed by atoms with van der Waals surface area (Å²) in [5.74, 6) is 0.653. The highest BCUT2D eigenvalue weighted by Crippen LogP contribution is 2.10. The maximum atomic E-state index is 12.1. The molecule has 0 saturated carbocycles. The first kappa shape index (κ1) is 14.5. The molecule has 1 aromatic carbocycles. The largest absolute Gasteiger partial charge is 0.335 e. The van der Waals surface area contributed by atoms with Crippen LogP contribution in [0.3, 0.4) is 0 Å². The van der Waals surface area contributed by atoms with Crippen LogP contribution in [0.1, 0.15) is 32.8 Å². The van der Waals surface area contributed by atoms with Crippen molar-refractivity contribution in [3.05, 3.63) is 48.0 Å². The lowest BCUT2D eigenvalue weighted by atomic mass is 10.1. The van der Waals surface area contributed by atoms with Crippen molar-refractivity contribution in [1.82, 2.24) is 4.90 Å². The van der Waals surface area contributed by atoms with Gasteiger partial charge in [-0.05, 0) is 24.8 Å². The highest BCUT2D eigenvalue weighted by molar-refractivity contribution is 5.92. The Morgan fingerprint density at radius 1 is 1.28 bits per heavy atom. The van der Waals surface area contributed by atoms with E-state index in [9.17, 15) is 4.79 Å². The van der Waals surface area contributed by atoms with Crippen LogP contribution < -0.4 is 0 Å². The van der Waals surface area contributed by atoms with Gasteiger partial charge in [0, 0.05) is 18.7 Å². The fourth-order valence-corrected chi connectivity index (χ4v) is 1.74. The summed E-state index contributed by atoms with van der Waals surface area (Å²) in [6.07, 6.45) is 1.02. The SMILES string of the molecule is C=C(C)C(=O)N(CCC(C)C)Cc1ccccc1. The van der Waals surface area contributed by atoms with E-state index >= 15 is 0 Å². The van der Waals surface area contributed by atoms with Crippen molar-refractivity contribution in [1.29, 1.82) is 0 Å². The van der Waals surface area contributed by atoms with Crippen molar-refractivity contribution < 1.29 is 4.79 Å². The summed E-state index contributed by atoms with van der Waals surface area (Å²) in [6, 6.07) is 10.1. The smallest absolute Gasteiger partial charge is 0.249 e. The first-order valence-electron chi connectivity index (χ1n) is 6.49. The molecule has 0 saturated heterocycles. The Morgan fingerprint density at radius 3 is 2.39 bits per heavy atom. The maximum absolute atomic E-state index is 12.1. The molecular weight excluding hydrogens is 222 g/mol. The Morgan fingerprint density at radius 2 is 1.89 bits per heavy atom. The summed E-state index contributed by atoms with van der Waals surface area (Å²) in [5, 5.41) is 0. The molecule has 0 aliphatic rings. The van der Waals surface area contributed by atoms with Gasteiger partial charge >= 0.3 is 0 Å². The minimum atomic E-state index is 0.0551. The minimum absolute atomic E-state index is 0.0551. The molecule has 0 unspecified atom stereocenters. The number of hydrogen-bond acceptors (Lipinski definition) is 1. The van der Waals surface area contributed by atoms with E-state index in [4.69, 9.17) is 0 Å². The molecule has 2 heteroatoms. The fourth-order valence-electron chi connectivity index (χ4n) is 1.74. The molecule has 98 valence electrons. The molecule has 1 aromatic rings. The van der Waals surface area contributed by atoms with Gasteiger partial charge in [-0.25, -0.2) is 0 Å². The number of benzene rings is 1. The lowest BCUT2D eigenvalue weighted by molar-refractivity contribution is -0.127. The molecule has 18 heavy (non-hydrogen) atoms. The molecule has 0 aliphatic carbocycles. The standard InChI is InChI=1S/C16H23NO/c1-13(2)10-11-17(16(18)14(3)4)12-15-8-6-5-7-9-15/h5-9,13H,3,10-12H2,1-2,4H3. The lowest BCUT2D eigenvalue weighted by Gasteiger charge is -2.24. The number of carbonyl (C=O) groups excluding carboxylic acids is 1. The van der Waals surface area contributed by atoms with Crippen LogP contribution >= 0.6 is 0 Å². The number of carbonyl (C=O) groups is 1. The van der Waals surface area contributed by atoms with Gasteiger partial charge in [0.1, 0.15) is 0 Å². The molecule has 0 atom stereocenters. The van der Waals surface area contributed by atoms with Gasteiger partial charge in [-0.15, -0.1) is 0 Å². The Balaban J connectivity index is 2.71. The van der Waals surface area contributed by atoms with Gasteiger partial charge in [-0.2, -0.15) is 0 Å². The summed E-state index contributed by atoms with van der Waals surface area (Å²) in [5.41, 5.74) is 1.77. The minimum Gasteiger partial charge on any atom is -0.335 e. The van der Waals surface area contributed by atoms with E-state index in [-0.39, 0.29) is 5.91 Å². The van der Waals surface area contributed by atoms with E-state index in [0.717, 1.165) is 18.5 Å². The lowest BCUT2D eigenvalue weighted by Crippen LogP contribution is -2.32. The maximum Gasteiger partial charge on any atom is 0.249 e. The van der Waals surface area contributed by atoms with Gasteiger partial charge in [0.05, 0.1) is 0 Å². The second kappa shape index (κ2) is 7.00. The number of amides is 1. The van der Waals surface area contributed by atoms with Crippen LogP contribution in [0.4, 0.5) is 0 Å². The molecule has 2 nitrogen and oxygen atoms in total. The van der Waals surface area contributed by atoms with Gasteiger partial charge in [0.2, 0.25) is 5.91 Å². The van der Waals surface area contributed by atoms with E-state index in [1.54, 1.807) is 6.92 Å². The van der Waals surface area contributed by atoms with E-state index in [0.29, 0.717) is 18.0 Å². The Kier molecular flexibility index (Phi) is 5.63. The van der Waals surface area contributed by atoms with Crippen molar-refractivity contribution in [2.75, 3.05) is 6.54 Å². The summed E-state index contributed by atoms with van der Waals surface area (Å²) < 4.78 is 0. The van der Waals surface area contributed by atoms with Crippen LogP contribution in [0.25, 0.3) is 0 Å². The van der Waals surface area contributed by atoms with Crippen LogP contribution in [0, 0.1) is 5.92 Å². The number of nitrogens with zero attached hydrogens (tertiary/aromatic N) is 1. The molecule has 1 rings (SSSR count). The molecule has 0 spiro atoms. The van der Waals surface area contributed by atoms with Crippen molar-refractivity contribution >= 4 is 5.91 Å². The molecule has 0 bridgehead atoms. The molecule has 0 aliphatic heterocycles. The first-order chi connectivity index (χ1) is 8.50. The van der Waals surface area contributed by atoms with Gasteiger partial charge < -0.3 is 4.90 Å². The van der Waals surface area contributed by atoms with E-state index in [1.807, 2.05) is 35.2 Å². The molecule has 0 fully saturated rings. The number of hydrogen-bond donors (Lipinski definition) is 0.